The van der Waals surface area contributed by atoms with Crippen molar-refractivity contribution in [2.24, 2.45) is 0 Å². The average Bonchev–Trinajstić information content (AvgIpc) is 2.36. The van der Waals surface area contributed by atoms with Crippen molar-refractivity contribution in [3.05, 3.63) is 35.6 Å². The largest absolute Gasteiger partial charge is 0.387 e. The molecule has 0 aromatic rings. The predicted molar refractivity (Wildman–Crippen MR) is 66.4 cm³/mol. The number of nitrogens with one attached hydrogen (secondary N) is 2. The van der Waals surface area contributed by atoms with Crippen molar-refractivity contribution in [1.82, 2.24) is 15.5 Å². The normalized spacial score (nSPS) is 29.7. The number of hydrogen-bond donors (Lipinski definition) is 2. The Morgan fingerprint density at radius 3 is 3.06 bits per heavy atom. The number of allylic oxidation sites excluding steroid dienone is 1. The number of hydrogen-bond acceptors (Lipinski definition) is 4. The molecule has 18 heavy (non-hydrogen) atoms. The van der Waals surface area contributed by atoms with E-state index in [0.29, 0.717) is 13.0 Å². The number of carbonyl (C=O) groups excluding carboxylic acids is 2. The van der Waals surface area contributed by atoms with Crippen molar-refractivity contribution in [2.45, 2.75) is 12.5 Å². The number of nitrogens with zero attached hydrogens (tertiary/aromatic N) is 1. The lowest BCUT2D eigenvalue weighted by Crippen LogP contribution is -2.53. The highest BCUT2D eigenvalue weighted by Gasteiger charge is 2.33. The van der Waals surface area contributed by atoms with Crippen LogP contribution in [0.3, 0.4) is 0 Å². The standard InChI is InChI=1S/C13H15N3O2/c17-12-2-1-5-16-8-10-7-14-4-3-9(10)6-11(16)13(18)15-12/h1-4,11,14H,5-8H2,(H,15,17,18)/b2-1-. The zero-order chi connectivity index (χ0) is 12.5. The van der Waals surface area contributed by atoms with E-state index in [1.54, 1.807) is 0 Å². The third kappa shape index (κ3) is 1.97. The van der Waals surface area contributed by atoms with E-state index in [2.05, 4.69) is 15.5 Å². The van der Waals surface area contributed by atoms with E-state index in [0.717, 1.165) is 13.1 Å². The Labute approximate surface area is 105 Å². The van der Waals surface area contributed by atoms with Crippen LogP contribution in [0, 0.1) is 0 Å². The molecule has 0 spiro atoms. The maximum absolute atomic E-state index is 12.0. The van der Waals surface area contributed by atoms with Crippen LogP contribution in [0.5, 0.6) is 0 Å². The first-order valence-corrected chi connectivity index (χ1v) is 6.10. The molecule has 0 aliphatic carbocycles. The van der Waals surface area contributed by atoms with Crippen molar-refractivity contribution < 1.29 is 9.59 Å². The molecule has 0 fully saturated rings. The Balaban J connectivity index is 1.89. The summed E-state index contributed by atoms with van der Waals surface area (Å²) >= 11 is 0. The molecule has 3 aliphatic heterocycles. The topological polar surface area (TPSA) is 61.4 Å². The Morgan fingerprint density at radius 1 is 1.28 bits per heavy atom. The molecule has 0 bridgehead atoms. The van der Waals surface area contributed by atoms with Gasteiger partial charge in [0, 0.05) is 25.7 Å². The van der Waals surface area contributed by atoms with E-state index >= 15 is 0 Å². The first-order chi connectivity index (χ1) is 8.74. The van der Waals surface area contributed by atoms with E-state index in [1.807, 2.05) is 18.4 Å². The summed E-state index contributed by atoms with van der Waals surface area (Å²) in [6.07, 6.45) is 7.87. The van der Waals surface area contributed by atoms with E-state index in [1.165, 1.54) is 17.2 Å². The summed E-state index contributed by atoms with van der Waals surface area (Å²) in [5, 5.41) is 5.60. The fourth-order valence-corrected chi connectivity index (χ4v) is 2.63. The van der Waals surface area contributed by atoms with Crippen LogP contribution in [0.4, 0.5) is 0 Å². The molecule has 94 valence electrons. The van der Waals surface area contributed by atoms with E-state index in [4.69, 9.17) is 0 Å². The number of fused-ring (bicyclic) bond motifs is 1. The Hall–Kier alpha value is -1.88. The van der Waals surface area contributed by atoms with Crippen molar-refractivity contribution in [1.29, 1.82) is 0 Å². The lowest BCUT2D eigenvalue weighted by molar-refractivity contribution is -0.132. The van der Waals surface area contributed by atoms with Crippen molar-refractivity contribution >= 4 is 11.8 Å². The molecule has 0 aromatic heterocycles. The van der Waals surface area contributed by atoms with Crippen LogP contribution >= 0.6 is 0 Å². The third-order valence-electron chi connectivity index (χ3n) is 3.58. The maximum atomic E-state index is 12.0. The number of rotatable bonds is 0. The first-order valence-electron chi connectivity index (χ1n) is 6.10. The highest BCUT2D eigenvalue weighted by atomic mass is 16.2. The summed E-state index contributed by atoms with van der Waals surface area (Å²) in [5.74, 6) is -0.511. The molecule has 2 N–H and O–H groups in total. The molecule has 0 aromatic carbocycles. The Bertz CT molecular complexity index is 490. The van der Waals surface area contributed by atoms with Gasteiger partial charge in [-0.15, -0.1) is 0 Å². The van der Waals surface area contributed by atoms with Gasteiger partial charge in [0.25, 0.3) is 0 Å². The van der Waals surface area contributed by atoms with Gasteiger partial charge in [0.2, 0.25) is 11.8 Å². The summed E-state index contributed by atoms with van der Waals surface area (Å²) in [5.41, 5.74) is 2.56. The molecule has 3 aliphatic rings. The van der Waals surface area contributed by atoms with Crippen molar-refractivity contribution in [3.8, 4) is 0 Å². The zero-order valence-electron chi connectivity index (χ0n) is 9.98. The average molecular weight is 245 g/mol. The van der Waals surface area contributed by atoms with Gasteiger partial charge in [-0.25, -0.2) is 0 Å². The van der Waals surface area contributed by atoms with Crippen LogP contribution < -0.4 is 10.6 Å². The molecule has 3 heterocycles. The molecule has 3 rings (SSSR count). The summed E-state index contributed by atoms with van der Waals surface area (Å²) in [4.78, 5) is 25.5. The third-order valence-corrected chi connectivity index (χ3v) is 3.58. The van der Waals surface area contributed by atoms with Gasteiger partial charge in [-0.1, -0.05) is 6.08 Å². The van der Waals surface area contributed by atoms with Gasteiger partial charge >= 0.3 is 0 Å². The second-order valence-corrected chi connectivity index (χ2v) is 4.75. The van der Waals surface area contributed by atoms with E-state index < -0.39 is 0 Å². The van der Waals surface area contributed by atoms with Gasteiger partial charge in [-0.05, 0) is 29.8 Å². The highest BCUT2D eigenvalue weighted by molar-refractivity contribution is 6.03. The molecule has 0 radical (unpaired) electrons. The molecule has 0 saturated heterocycles. The summed E-state index contributed by atoms with van der Waals surface area (Å²) < 4.78 is 0. The molecule has 1 atom stereocenters. The molecular weight excluding hydrogens is 230 g/mol. The second-order valence-electron chi connectivity index (χ2n) is 4.75. The van der Waals surface area contributed by atoms with Crippen LogP contribution in [0.2, 0.25) is 0 Å². The minimum absolute atomic E-state index is 0.192. The number of amides is 2. The second kappa shape index (κ2) is 4.42. The fraction of sp³-hybridized carbons (Fsp3) is 0.385. The minimum Gasteiger partial charge on any atom is -0.387 e. The number of carbonyl (C=O) groups is 2. The maximum Gasteiger partial charge on any atom is 0.250 e. The molecule has 1 unspecified atom stereocenters. The van der Waals surface area contributed by atoms with Crippen LogP contribution in [0.25, 0.3) is 0 Å². The molecular formula is C13H15N3O2. The smallest absolute Gasteiger partial charge is 0.250 e. The van der Waals surface area contributed by atoms with Gasteiger partial charge in [0.15, 0.2) is 0 Å². The number of imide groups is 1. The molecule has 5 nitrogen and oxygen atoms in total. The minimum atomic E-state index is -0.319. The van der Waals surface area contributed by atoms with Crippen LogP contribution in [-0.4, -0.2) is 42.4 Å². The van der Waals surface area contributed by atoms with Crippen LogP contribution in [0.1, 0.15) is 6.42 Å². The molecule has 2 amide bonds. The first kappa shape index (κ1) is 11.2. The lowest BCUT2D eigenvalue weighted by Gasteiger charge is -2.37. The number of dihydropyridines is 1. The monoisotopic (exact) mass is 245 g/mol. The fourth-order valence-electron chi connectivity index (χ4n) is 2.63. The van der Waals surface area contributed by atoms with Crippen molar-refractivity contribution in [2.75, 3.05) is 19.6 Å². The van der Waals surface area contributed by atoms with Crippen LogP contribution in [-0.2, 0) is 9.59 Å². The Morgan fingerprint density at radius 2 is 2.17 bits per heavy atom. The lowest BCUT2D eigenvalue weighted by atomic mass is 9.91. The Kier molecular flexibility index (Phi) is 2.76. The zero-order valence-corrected chi connectivity index (χ0v) is 9.98. The quantitative estimate of drug-likeness (QED) is 0.575. The van der Waals surface area contributed by atoms with Gasteiger partial charge in [0.1, 0.15) is 0 Å². The molecule has 0 saturated carbocycles. The summed E-state index contributed by atoms with van der Waals surface area (Å²) in [7, 11) is 0. The molecule has 5 heteroatoms. The van der Waals surface area contributed by atoms with Gasteiger partial charge in [0.05, 0.1) is 6.04 Å². The van der Waals surface area contributed by atoms with Crippen LogP contribution in [0.15, 0.2) is 35.6 Å². The summed E-state index contributed by atoms with van der Waals surface area (Å²) in [6, 6.07) is -0.236. The highest BCUT2D eigenvalue weighted by Crippen LogP contribution is 2.26. The summed E-state index contributed by atoms with van der Waals surface area (Å²) in [6.45, 7) is 2.27. The van der Waals surface area contributed by atoms with Crippen molar-refractivity contribution in [3.63, 3.8) is 0 Å². The predicted octanol–water partition coefficient (Wildman–Crippen LogP) is -0.313. The van der Waals surface area contributed by atoms with Gasteiger partial charge in [-0.2, -0.15) is 0 Å². The van der Waals surface area contributed by atoms with E-state index in [-0.39, 0.29) is 17.9 Å². The van der Waals surface area contributed by atoms with E-state index in [9.17, 15) is 9.59 Å². The van der Waals surface area contributed by atoms with Gasteiger partial charge in [-0.3, -0.25) is 19.8 Å². The SMILES string of the molecule is O=C1/C=C\CN2CC3=C(C=CNC3)CC2C(=O)N1. The van der Waals surface area contributed by atoms with Gasteiger partial charge < -0.3 is 5.32 Å².